The third-order valence-corrected chi connectivity index (χ3v) is 4.30. The molecule has 0 N–H and O–H groups in total. The molecule has 1 aliphatic carbocycles. The molecule has 0 atom stereocenters. The smallest absolute Gasteiger partial charge is 0.0104 e. The van der Waals surface area contributed by atoms with Crippen LogP contribution in [0, 0.1) is 5.41 Å². The van der Waals surface area contributed by atoms with Gasteiger partial charge in [0.1, 0.15) is 0 Å². The standard InChI is InChI=1S/C21H32/c1-7-10-17(2)11-8-12-18(3)14-15-20-19(4)13-9-16-21(20,5)6/h8,10-12,14-15H,7,9,13,16H2,1-6H3/b11-8-,15-14+,17-10+,18-12+. The summed E-state index contributed by atoms with van der Waals surface area (Å²) in [5.74, 6) is 0. The maximum atomic E-state index is 2.37. The Hall–Kier alpha value is -1.30. The second-order valence-electron chi connectivity index (χ2n) is 6.89. The fourth-order valence-electron chi connectivity index (χ4n) is 3.02. The minimum absolute atomic E-state index is 0.329. The van der Waals surface area contributed by atoms with Gasteiger partial charge in [0.05, 0.1) is 0 Å². The van der Waals surface area contributed by atoms with Crippen LogP contribution in [0.1, 0.15) is 67.2 Å². The Labute approximate surface area is 132 Å². The Morgan fingerprint density at radius 3 is 2.48 bits per heavy atom. The Morgan fingerprint density at radius 2 is 1.86 bits per heavy atom. The molecule has 0 radical (unpaired) electrons. The van der Waals surface area contributed by atoms with Crippen LogP contribution in [0.15, 0.2) is 58.7 Å². The van der Waals surface area contributed by atoms with Gasteiger partial charge in [-0.05, 0) is 57.4 Å². The molecule has 0 saturated heterocycles. The predicted molar refractivity (Wildman–Crippen MR) is 96.4 cm³/mol. The van der Waals surface area contributed by atoms with E-state index in [-0.39, 0.29) is 0 Å². The molecule has 0 unspecified atom stereocenters. The van der Waals surface area contributed by atoms with Gasteiger partial charge in [0.25, 0.3) is 0 Å². The van der Waals surface area contributed by atoms with Gasteiger partial charge >= 0.3 is 0 Å². The number of allylic oxidation sites excluding steroid dienone is 10. The van der Waals surface area contributed by atoms with Crippen LogP contribution < -0.4 is 0 Å². The van der Waals surface area contributed by atoms with Gasteiger partial charge < -0.3 is 0 Å². The lowest BCUT2D eigenvalue weighted by Crippen LogP contribution is -2.19. The van der Waals surface area contributed by atoms with E-state index >= 15 is 0 Å². The van der Waals surface area contributed by atoms with Crippen molar-refractivity contribution in [2.24, 2.45) is 5.41 Å². The van der Waals surface area contributed by atoms with Gasteiger partial charge in [0.2, 0.25) is 0 Å². The lowest BCUT2D eigenvalue weighted by Gasteiger charge is -2.32. The molecule has 0 heterocycles. The third kappa shape index (κ3) is 5.91. The quantitative estimate of drug-likeness (QED) is 0.480. The van der Waals surface area contributed by atoms with Crippen molar-refractivity contribution in [3.05, 3.63) is 58.7 Å². The summed E-state index contributed by atoms with van der Waals surface area (Å²) in [6.45, 7) is 13.5. The summed E-state index contributed by atoms with van der Waals surface area (Å²) in [7, 11) is 0. The van der Waals surface area contributed by atoms with E-state index in [2.05, 4.69) is 78.0 Å². The van der Waals surface area contributed by atoms with E-state index < -0.39 is 0 Å². The number of hydrogen-bond acceptors (Lipinski definition) is 0. The van der Waals surface area contributed by atoms with E-state index in [9.17, 15) is 0 Å². The van der Waals surface area contributed by atoms with Gasteiger partial charge in [-0.2, -0.15) is 0 Å². The summed E-state index contributed by atoms with van der Waals surface area (Å²) >= 11 is 0. The molecule has 0 aromatic rings. The van der Waals surface area contributed by atoms with E-state index in [1.165, 1.54) is 36.0 Å². The summed E-state index contributed by atoms with van der Waals surface area (Å²) in [6.07, 6.45) is 18.3. The van der Waals surface area contributed by atoms with Crippen LogP contribution in [0.4, 0.5) is 0 Å². The maximum absolute atomic E-state index is 2.37. The van der Waals surface area contributed by atoms with Crippen LogP contribution in [-0.2, 0) is 0 Å². The average Bonchev–Trinajstić information content (AvgIpc) is 2.37. The Bertz CT molecular complexity index is 490. The van der Waals surface area contributed by atoms with Crippen LogP contribution in [0.25, 0.3) is 0 Å². The van der Waals surface area contributed by atoms with E-state index in [1.54, 1.807) is 5.57 Å². The zero-order valence-corrected chi connectivity index (χ0v) is 14.8. The zero-order chi connectivity index (χ0) is 15.9. The van der Waals surface area contributed by atoms with E-state index in [0.717, 1.165) is 6.42 Å². The van der Waals surface area contributed by atoms with Gasteiger partial charge in [0.15, 0.2) is 0 Å². The first-order valence-corrected chi connectivity index (χ1v) is 8.27. The van der Waals surface area contributed by atoms with Gasteiger partial charge in [-0.25, -0.2) is 0 Å². The zero-order valence-electron chi connectivity index (χ0n) is 14.8. The molecule has 0 bridgehead atoms. The van der Waals surface area contributed by atoms with E-state index in [0.29, 0.717) is 5.41 Å². The van der Waals surface area contributed by atoms with Crippen molar-refractivity contribution < 1.29 is 0 Å². The topological polar surface area (TPSA) is 0 Å². The lowest BCUT2D eigenvalue weighted by atomic mass is 9.72. The summed E-state index contributed by atoms with van der Waals surface area (Å²) < 4.78 is 0. The van der Waals surface area contributed by atoms with Crippen LogP contribution in [0.5, 0.6) is 0 Å². The molecule has 116 valence electrons. The van der Waals surface area contributed by atoms with E-state index in [1.807, 2.05) is 0 Å². The first-order valence-electron chi connectivity index (χ1n) is 8.27. The number of hydrogen-bond donors (Lipinski definition) is 0. The summed E-state index contributed by atoms with van der Waals surface area (Å²) in [5.41, 5.74) is 6.06. The summed E-state index contributed by atoms with van der Waals surface area (Å²) in [6, 6.07) is 0. The highest BCUT2D eigenvalue weighted by atomic mass is 14.3. The highest BCUT2D eigenvalue weighted by Crippen LogP contribution is 2.40. The highest BCUT2D eigenvalue weighted by molar-refractivity contribution is 5.37. The molecule has 21 heavy (non-hydrogen) atoms. The minimum Gasteiger partial charge on any atom is -0.0819 e. The van der Waals surface area contributed by atoms with Crippen molar-refractivity contribution in [2.45, 2.75) is 67.2 Å². The minimum atomic E-state index is 0.329. The van der Waals surface area contributed by atoms with Gasteiger partial charge in [-0.1, -0.05) is 73.9 Å². The van der Waals surface area contributed by atoms with Crippen molar-refractivity contribution >= 4 is 0 Å². The monoisotopic (exact) mass is 284 g/mol. The van der Waals surface area contributed by atoms with Gasteiger partial charge in [-0.15, -0.1) is 0 Å². The molecule has 1 rings (SSSR count). The van der Waals surface area contributed by atoms with Crippen LogP contribution >= 0.6 is 0 Å². The molecule has 0 aromatic carbocycles. The Balaban J connectivity index is 2.78. The largest absolute Gasteiger partial charge is 0.0819 e. The molecule has 0 heteroatoms. The third-order valence-electron chi connectivity index (χ3n) is 4.30. The second-order valence-corrected chi connectivity index (χ2v) is 6.89. The first-order chi connectivity index (χ1) is 9.86. The second kappa shape index (κ2) is 8.22. The maximum Gasteiger partial charge on any atom is -0.0104 e. The van der Waals surface area contributed by atoms with E-state index in [4.69, 9.17) is 0 Å². The number of rotatable bonds is 5. The Morgan fingerprint density at radius 1 is 1.14 bits per heavy atom. The molecule has 0 aromatic heterocycles. The van der Waals surface area contributed by atoms with Crippen molar-refractivity contribution in [2.75, 3.05) is 0 Å². The van der Waals surface area contributed by atoms with Crippen LogP contribution in [-0.4, -0.2) is 0 Å². The predicted octanol–water partition coefficient (Wildman–Crippen LogP) is 6.93. The van der Waals surface area contributed by atoms with Gasteiger partial charge in [0, 0.05) is 0 Å². The SMILES string of the molecule is CC/C=C(C)/C=C\C=C(C)\C=C\C1=C(C)CCCC1(C)C. The molecule has 0 aliphatic heterocycles. The fraction of sp³-hybridized carbons (Fsp3) is 0.524. The Kier molecular flexibility index (Phi) is 6.95. The van der Waals surface area contributed by atoms with Crippen molar-refractivity contribution in [1.82, 2.24) is 0 Å². The van der Waals surface area contributed by atoms with Crippen LogP contribution in [0.3, 0.4) is 0 Å². The highest BCUT2D eigenvalue weighted by Gasteiger charge is 2.26. The summed E-state index contributed by atoms with van der Waals surface area (Å²) in [4.78, 5) is 0. The molecule has 0 fully saturated rings. The molecule has 1 aliphatic rings. The molecule has 0 saturated carbocycles. The van der Waals surface area contributed by atoms with Crippen molar-refractivity contribution in [1.29, 1.82) is 0 Å². The molecule has 0 amide bonds. The van der Waals surface area contributed by atoms with Crippen molar-refractivity contribution in [3.8, 4) is 0 Å². The van der Waals surface area contributed by atoms with Crippen LogP contribution in [0.2, 0.25) is 0 Å². The van der Waals surface area contributed by atoms with Gasteiger partial charge in [-0.3, -0.25) is 0 Å². The fourth-order valence-corrected chi connectivity index (χ4v) is 3.02. The lowest BCUT2D eigenvalue weighted by molar-refractivity contribution is 0.377. The average molecular weight is 284 g/mol. The normalized spacial score (nSPS) is 20.9. The molecule has 0 spiro atoms. The summed E-state index contributed by atoms with van der Waals surface area (Å²) in [5, 5.41) is 0. The molecular weight excluding hydrogens is 252 g/mol. The molecule has 0 nitrogen and oxygen atoms in total. The first kappa shape index (κ1) is 17.8. The van der Waals surface area contributed by atoms with Crippen molar-refractivity contribution in [3.63, 3.8) is 0 Å². The molecular formula is C21H32.